The Bertz CT molecular complexity index is 456. The average molecular weight is 165 g/mol. The summed E-state index contributed by atoms with van der Waals surface area (Å²) in [6, 6.07) is 1.47. The van der Waals surface area contributed by atoms with E-state index in [1.807, 2.05) is 6.92 Å². The fourth-order valence-corrected chi connectivity index (χ4v) is 0.970. The maximum Gasteiger partial charge on any atom is 0.275 e. The third-order valence-corrected chi connectivity index (χ3v) is 1.60. The van der Waals surface area contributed by atoms with Crippen molar-refractivity contribution in [2.45, 2.75) is 13.3 Å². The summed E-state index contributed by atoms with van der Waals surface area (Å²) in [5.41, 5.74) is 0.552. The van der Waals surface area contributed by atoms with Crippen LogP contribution in [0.4, 0.5) is 0 Å². The van der Waals surface area contributed by atoms with Crippen LogP contribution in [-0.2, 0) is 6.42 Å². The Morgan fingerprint density at radius 1 is 1.67 bits per heavy atom. The molecule has 0 amide bonds. The Balaban J connectivity index is 2.84. The van der Waals surface area contributed by atoms with Crippen molar-refractivity contribution in [2.75, 3.05) is 0 Å². The van der Waals surface area contributed by atoms with Crippen LogP contribution < -0.4 is 5.56 Å². The van der Waals surface area contributed by atoms with Gasteiger partial charge in [0.15, 0.2) is 0 Å². The first-order valence-corrected chi connectivity index (χ1v) is 3.61. The van der Waals surface area contributed by atoms with E-state index in [9.17, 15) is 4.79 Å². The van der Waals surface area contributed by atoms with Crippen molar-refractivity contribution in [1.29, 1.82) is 0 Å². The van der Waals surface area contributed by atoms with Crippen LogP contribution in [0.5, 0.6) is 0 Å². The van der Waals surface area contributed by atoms with Gasteiger partial charge in [-0.1, -0.05) is 12.0 Å². The molecule has 0 aliphatic carbocycles. The van der Waals surface area contributed by atoms with Gasteiger partial charge in [0, 0.05) is 11.8 Å². The van der Waals surface area contributed by atoms with Crippen LogP contribution in [0.15, 0.2) is 10.9 Å². The van der Waals surface area contributed by atoms with Crippen LogP contribution in [0.3, 0.4) is 0 Å². The monoisotopic (exact) mass is 165 g/mol. The number of aromatic nitrogens is 5. The lowest BCUT2D eigenvalue weighted by Crippen LogP contribution is -2.15. The van der Waals surface area contributed by atoms with Gasteiger partial charge in [-0.3, -0.25) is 4.79 Å². The van der Waals surface area contributed by atoms with E-state index in [0.717, 1.165) is 12.1 Å². The minimum atomic E-state index is -0.179. The van der Waals surface area contributed by atoms with Gasteiger partial charge in [-0.25, -0.2) is 4.98 Å². The van der Waals surface area contributed by atoms with Crippen LogP contribution in [0.25, 0.3) is 5.78 Å². The number of hydrogen-bond acceptors (Lipinski definition) is 4. The standard InChI is InChI=1S/C6H7N5O/c1-2-4-3-5(12)11-6(7-4)8-9-10-11/h3H,2H2,1H3,(H,7,8,10). The summed E-state index contributed by atoms with van der Waals surface area (Å²) in [4.78, 5) is 15.3. The lowest BCUT2D eigenvalue weighted by atomic mass is 10.3. The SMILES string of the molecule is CCc1cc(=O)n2[nH]nnc2n1. The number of aryl methyl sites for hydroxylation is 1. The van der Waals surface area contributed by atoms with E-state index in [2.05, 4.69) is 20.5 Å². The van der Waals surface area contributed by atoms with Crippen LogP contribution in [0.1, 0.15) is 12.6 Å². The van der Waals surface area contributed by atoms with E-state index in [1.165, 1.54) is 10.6 Å². The summed E-state index contributed by atoms with van der Waals surface area (Å²) in [6.45, 7) is 1.93. The van der Waals surface area contributed by atoms with Crippen LogP contribution in [0, 0.1) is 0 Å². The zero-order chi connectivity index (χ0) is 8.55. The number of tetrazole rings is 1. The minimum Gasteiger partial charge on any atom is -0.267 e. The summed E-state index contributed by atoms with van der Waals surface area (Å²) in [5, 5.41) is 9.52. The summed E-state index contributed by atoms with van der Waals surface area (Å²) in [6.07, 6.45) is 0.721. The van der Waals surface area contributed by atoms with Crippen molar-refractivity contribution < 1.29 is 0 Å². The van der Waals surface area contributed by atoms with Gasteiger partial charge < -0.3 is 0 Å². The molecule has 2 aromatic rings. The molecular weight excluding hydrogens is 158 g/mol. The van der Waals surface area contributed by atoms with Gasteiger partial charge in [0.25, 0.3) is 11.3 Å². The van der Waals surface area contributed by atoms with E-state index >= 15 is 0 Å². The maximum absolute atomic E-state index is 11.2. The van der Waals surface area contributed by atoms with Gasteiger partial charge in [-0.05, 0) is 11.6 Å². The molecule has 0 fully saturated rings. The molecule has 6 heteroatoms. The highest BCUT2D eigenvalue weighted by Crippen LogP contribution is 1.92. The van der Waals surface area contributed by atoms with E-state index in [4.69, 9.17) is 0 Å². The molecule has 0 unspecified atom stereocenters. The van der Waals surface area contributed by atoms with Gasteiger partial charge in [0.2, 0.25) is 0 Å². The molecule has 0 spiro atoms. The van der Waals surface area contributed by atoms with E-state index in [0.29, 0.717) is 5.78 Å². The van der Waals surface area contributed by atoms with Crippen molar-refractivity contribution in [3.8, 4) is 0 Å². The lowest BCUT2D eigenvalue weighted by Gasteiger charge is -1.92. The summed E-state index contributed by atoms with van der Waals surface area (Å²) in [5.74, 6) is 0.319. The van der Waals surface area contributed by atoms with Crippen LogP contribution in [0.2, 0.25) is 0 Å². The molecule has 0 aliphatic heterocycles. The molecule has 2 rings (SSSR count). The highest BCUT2D eigenvalue weighted by molar-refractivity contribution is 5.24. The predicted molar refractivity (Wildman–Crippen MR) is 40.8 cm³/mol. The number of nitrogens with one attached hydrogen (secondary N) is 1. The van der Waals surface area contributed by atoms with Crippen molar-refractivity contribution in [2.24, 2.45) is 0 Å². The number of aromatic amines is 1. The Morgan fingerprint density at radius 2 is 2.50 bits per heavy atom. The summed E-state index contributed by atoms with van der Waals surface area (Å²) < 4.78 is 1.19. The van der Waals surface area contributed by atoms with Crippen LogP contribution >= 0.6 is 0 Å². The Morgan fingerprint density at radius 3 is 3.25 bits per heavy atom. The van der Waals surface area contributed by atoms with E-state index in [1.54, 1.807) is 0 Å². The third kappa shape index (κ3) is 0.884. The van der Waals surface area contributed by atoms with Gasteiger partial charge in [-0.15, -0.1) is 0 Å². The smallest absolute Gasteiger partial charge is 0.267 e. The molecule has 0 radical (unpaired) electrons. The van der Waals surface area contributed by atoms with Crippen molar-refractivity contribution in [3.05, 3.63) is 22.1 Å². The average Bonchev–Trinajstić information content (AvgIpc) is 2.52. The van der Waals surface area contributed by atoms with Crippen LogP contribution in [-0.4, -0.2) is 25.0 Å². The fraction of sp³-hybridized carbons (Fsp3) is 0.333. The quantitative estimate of drug-likeness (QED) is 0.610. The van der Waals surface area contributed by atoms with Gasteiger partial charge in [-0.2, -0.15) is 9.73 Å². The largest absolute Gasteiger partial charge is 0.275 e. The predicted octanol–water partition coefficient (Wildman–Crippen LogP) is -0.625. The van der Waals surface area contributed by atoms with Gasteiger partial charge in [0.1, 0.15) is 0 Å². The molecule has 62 valence electrons. The fourth-order valence-electron chi connectivity index (χ4n) is 0.970. The second-order valence-electron chi connectivity index (χ2n) is 2.37. The van der Waals surface area contributed by atoms with Gasteiger partial charge >= 0.3 is 0 Å². The highest BCUT2D eigenvalue weighted by atomic mass is 16.1. The number of hydrogen-bond donors (Lipinski definition) is 1. The van der Waals surface area contributed by atoms with E-state index < -0.39 is 0 Å². The second kappa shape index (κ2) is 2.40. The molecule has 0 saturated heterocycles. The first kappa shape index (κ1) is 6.96. The molecule has 0 atom stereocenters. The number of H-pyrrole nitrogens is 1. The molecule has 2 heterocycles. The molecule has 0 saturated carbocycles. The Hall–Kier alpha value is -1.72. The van der Waals surface area contributed by atoms with Crippen molar-refractivity contribution in [3.63, 3.8) is 0 Å². The topological polar surface area (TPSA) is 75.9 Å². The first-order chi connectivity index (χ1) is 5.81. The molecule has 1 N–H and O–H groups in total. The lowest BCUT2D eigenvalue weighted by molar-refractivity contribution is 0.795. The number of rotatable bonds is 1. The van der Waals surface area contributed by atoms with Crippen molar-refractivity contribution in [1.82, 2.24) is 25.0 Å². The number of fused-ring (bicyclic) bond motifs is 1. The normalized spacial score (nSPS) is 10.8. The molecule has 12 heavy (non-hydrogen) atoms. The molecule has 2 aromatic heterocycles. The molecular formula is C6H7N5O. The Labute approximate surface area is 67.2 Å². The zero-order valence-corrected chi connectivity index (χ0v) is 6.48. The zero-order valence-electron chi connectivity index (χ0n) is 6.48. The molecule has 0 aromatic carbocycles. The van der Waals surface area contributed by atoms with E-state index in [-0.39, 0.29) is 5.56 Å². The summed E-state index contributed by atoms with van der Waals surface area (Å²) in [7, 11) is 0. The number of nitrogens with zero attached hydrogens (tertiary/aromatic N) is 4. The Kier molecular flexibility index (Phi) is 1.39. The highest BCUT2D eigenvalue weighted by Gasteiger charge is 2.01. The molecule has 0 aliphatic rings. The molecule has 6 nitrogen and oxygen atoms in total. The van der Waals surface area contributed by atoms with Crippen molar-refractivity contribution >= 4 is 5.78 Å². The minimum absolute atomic E-state index is 0.179. The molecule has 0 bridgehead atoms. The van der Waals surface area contributed by atoms with Gasteiger partial charge in [0.05, 0.1) is 0 Å². The summed E-state index contributed by atoms with van der Waals surface area (Å²) >= 11 is 0. The third-order valence-electron chi connectivity index (χ3n) is 1.60. The first-order valence-electron chi connectivity index (χ1n) is 3.61. The maximum atomic E-state index is 11.2. The second-order valence-corrected chi connectivity index (χ2v) is 2.37.